The van der Waals surface area contributed by atoms with Crippen LogP contribution in [-0.2, 0) is 11.2 Å². The van der Waals surface area contributed by atoms with Gasteiger partial charge in [-0.3, -0.25) is 15.0 Å². The van der Waals surface area contributed by atoms with Crippen LogP contribution in [-0.4, -0.2) is 52.4 Å². The van der Waals surface area contributed by atoms with Crippen molar-refractivity contribution in [2.45, 2.75) is 40.0 Å². The van der Waals surface area contributed by atoms with Crippen LogP contribution in [0.25, 0.3) is 0 Å². The van der Waals surface area contributed by atoms with Gasteiger partial charge in [0.25, 0.3) is 0 Å². The zero-order valence-electron chi connectivity index (χ0n) is 13.6. The van der Waals surface area contributed by atoms with E-state index in [0.717, 1.165) is 37.4 Å². The van der Waals surface area contributed by atoms with E-state index in [1.165, 1.54) is 11.3 Å². The van der Waals surface area contributed by atoms with Gasteiger partial charge in [-0.15, -0.1) is 10.2 Å². The lowest BCUT2D eigenvalue weighted by atomic mass is 9.83. The van der Waals surface area contributed by atoms with Gasteiger partial charge in [0.2, 0.25) is 11.0 Å². The fourth-order valence-corrected chi connectivity index (χ4v) is 3.76. The Hall–Kier alpha value is -1.05. The van der Waals surface area contributed by atoms with Crippen LogP contribution in [0.2, 0.25) is 0 Å². The van der Waals surface area contributed by atoms with Gasteiger partial charge in [-0.1, -0.05) is 32.1 Å². The van der Waals surface area contributed by atoms with E-state index in [1.807, 2.05) is 0 Å². The molecule has 124 valence electrons. The van der Waals surface area contributed by atoms with Crippen LogP contribution in [0.4, 0.5) is 5.13 Å². The predicted octanol–water partition coefficient (Wildman–Crippen LogP) is 1.77. The van der Waals surface area contributed by atoms with Crippen LogP contribution in [0, 0.1) is 11.3 Å². The number of anilines is 1. The number of amides is 1. The van der Waals surface area contributed by atoms with Crippen molar-refractivity contribution in [2.24, 2.45) is 11.3 Å². The number of carbonyl (C=O) groups is 1. The topological polar surface area (TPSA) is 78.4 Å². The molecule has 1 amide bonds. The van der Waals surface area contributed by atoms with Crippen LogP contribution in [0.5, 0.6) is 0 Å². The number of piperidine rings is 1. The summed E-state index contributed by atoms with van der Waals surface area (Å²) in [7, 11) is 0. The first kappa shape index (κ1) is 17.3. The number of nitrogens with zero attached hydrogens (tertiary/aromatic N) is 3. The molecule has 1 aromatic heterocycles. The molecule has 1 saturated heterocycles. The Morgan fingerprint density at radius 1 is 1.50 bits per heavy atom. The summed E-state index contributed by atoms with van der Waals surface area (Å²) in [5.41, 5.74) is -0.0916. The summed E-state index contributed by atoms with van der Waals surface area (Å²) in [5, 5.41) is 21.9. The van der Waals surface area contributed by atoms with Gasteiger partial charge >= 0.3 is 0 Å². The van der Waals surface area contributed by atoms with E-state index < -0.39 is 0 Å². The van der Waals surface area contributed by atoms with Crippen molar-refractivity contribution in [1.82, 2.24) is 15.1 Å². The number of aliphatic hydroxyl groups is 1. The summed E-state index contributed by atoms with van der Waals surface area (Å²) in [6.45, 7) is 8.50. The van der Waals surface area contributed by atoms with Crippen molar-refractivity contribution in [2.75, 3.05) is 31.6 Å². The van der Waals surface area contributed by atoms with Crippen molar-refractivity contribution in [1.29, 1.82) is 0 Å². The molecule has 6 nitrogen and oxygen atoms in total. The molecule has 0 bridgehead atoms. The van der Waals surface area contributed by atoms with E-state index in [-0.39, 0.29) is 17.9 Å². The molecule has 22 heavy (non-hydrogen) atoms. The van der Waals surface area contributed by atoms with Crippen LogP contribution in [0.3, 0.4) is 0 Å². The van der Waals surface area contributed by atoms with E-state index in [9.17, 15) is 9.90 Å². The van der Waals surface area contributed by atoms with E-state index in [0.29, 0.717) is 17.6 Å². The average molecular weight is 326 g/mol. The van der Waals surface area contributed by atoms with E-state index in [1.54, 1.807) is 0 Å². The molecule has 7 heteroatoms. The van der Waals surface area contributed by atoms with Crippen molar-refractivity contribution in [3.05, 3.63) is 5.01 Å². The molecular formula is C15H26N4O2S. The highest BCUT2D eigenvalue weighted by atomic mass is 32.1. The number of hydrogen-bond donors (Lipinski definition) is 2. The second kappa shape index (κ2) is 7.48. The first-order valence-corrected chi connectivity index (χ1v) is 8.67. The number of likely N-dealkylation sites (tertiary alicyclic amines) is 1. The minimum atomic E-state index is -0.0916. The van der Waals surface area contributed by atoms with Crippen LogP contribution < -0.4 is 5.32 Å². The Kier molecular flexibility index (Phi) is 5.88. The number of aromatic nitrogens is 2. The van der Waals surface area contributed by atoms with Gasteiger partial charge in [0.1, 0.15) is 5.01 Å². The molecule has 1 aliphatic heterocycles. The highest BCUT2D eigenvalue weighted by Crippen LogP contribution is 2.28. The molecule has 1 aliphatic rings. The summed E-state index contributed by atoms with van der Waals surface area (Å²) >= 11 is 1.44. The van der Waals surface area contributed by atoms with Gasteiger partial charge in [-0.25, -0.2) is 0 Å². The number of hydrogen-bond acceptors (Lipinski definition) is 6. The highest BCUT2D eigenvalue weighted by molar-refractivity contribution is 7.15. The quantitative estimate of drug-likeness (QED) is 0.833. The smallest absolute Gasteiger partial charge is 0.240 e. The number of rotatable bonds is 6. The van der Waals surface area contributed by atoms with Crippen molar-refractivity contribution < 1.29 is 9.90 Å². The predicted molar refractivity (Wildman–Crippen MR) is 87.9 cm³/mol. The third-order valence-electron chi connectivity index (χ3n) is 3.91. The molecule has 1 unspecified atom stereocenters. The molecule has 0 radical (unpaired) electrons. The summed E-state index contributed by atoms with van der Waals surface area (Å²) < 4.78 is 0. The maximum absolute atomic E-state index is 12.1. The van der Waals surface area contributed by atoms with Crippen molar-refractivity contribution in [3.63, 3.8) is 0 Å². The Morgan fingerprint density at radius 3 is 2.95 bits per heavy atom. The summed E-state index contributed by atoms with van der Waals surface area (Å²) in [6, 6.07) is 0. The molecule has 1 fully saturated rings. The summed E-state index contributed by atoms with van der Waals surface area (Å²) in [5.74, 6) is 0.468. The Bertz CT molecular complexity index is 505. The molecule has 1 aromatic rings. The van der Waals surface area contributed by atoms with E-state index in [4.69, 9.17) is 0 Å². The fourth-order valence-electron chi connectivity index (χ4n) is 2.79. The minimum Gasteiger partial charge on any atom is -0.396 e. The van der Waals surface area contributed by atoms with Gasteiger partial charge in [0.15, 0.2) is 0 Å². The number of carbonyl (C=O) groups excluding carboxylic acids is 1. The van der Waals surface area contributed by atoms with Crippen molar-refractivity contribution >= 4 is 22.4 Å². The molecule has 2 heterocycles. The molecule has 2 N–H and O–H groups in total. The lowest BCUT2D eigenvalue weighted by Gasteiger charge is -2.38. The average Bonchev–Trinajstić information content (AvgIpc) is 2.85. The normalized spacial score (nSPS) is 23.0. The van der Waals surface area contributed by atoms with E-state index in [2.05, 4.69) is 41.2 Å². The summed E-state index contributed by atoms with van der Waals surface area (Å²) in [6.07, 6.45) is 2.91. The van der Waals surface area contributed by atoms with Crippen molar-refractivity contribution in [3.8, 4) is 0 Å². The van der Waals surface area contributed by atoms with E-state index >= 15 is 0 Å². The molecule has 0 saturated carbocycles. The lowest BCUT2D eigenvalue weighted by molar-refractivity contribution is -0.118. The van der Waals surface area contributed by atoms with Crippen LogP contribution >= 0.6 is 11.3 Å². The van der Waals surface area contributed by atoms with Gasteiger partial charge < -0.3 is 5.11 Å². The first-order chi connectivity index (χ1) is 10.4. The number of aliphatic hydroxyl groups excluding tert-OH is 1. The standard InChI is InChI=1S/C15H26N4O2S/c1-11(2)7-13-17-18-14(22-13)16-12(21)8-19-6-4-5-15(3,9-19)10-20/h11,20H,4-10H2,1-3H3,(H,16,18,21). The molecule has 0 aliphatic carbocycles. The Morgan fingerprint density at radius 2 is 2.27 bits per heavy atom. The number of nitrogens with one attached hydrogen (secondary N) is 1. The zero-order valence-corrected chi connectivity index (χ0v) is 14.4. The monoisotopic (exact) mass is 326 g/mol. The highest BCUT2D eigenvalue weighted by Gasteiger charge is 2.31. The van der Waals surface area contributed by atoms with Gasteiger partial charge in [-0.05, 0) is 25.3 Å². The first-order valence-electron chi connectivity index (χ1n) is 7.86. The van der Waals surface area contributed by atoms with Crippen LogP contribution in [0.1, 0.15) is 38.6 Å². The second-order valence-corrected chi connectivity index (χ2v) is 7.99. The van der Waals surface area contributed by atoms with Gasteiger partial charge in [0, 0.05) is 25.0 Å². The SMILES string of the molecule is CC(C)Cc1nnc(NC(=O)CN2CCCC(C)(CO)C2)s1. The Labute approximate surface area is 135 Å². The Balaban J connectivity index is 1.83. The molecule has 0 spiro atoms. The molecular weight excluding hydrogens is 300 g/mol. The molecule has 2 rings (SSSR count). The largest absolute Gasteiger partial charge is 0.396 e. The lowest BCUT2D eigenvalue weighted by Crippen LogP contribution is -2.46. The van der Waals surface area contributed by atoms with Gasteiger partial charge in [-0.2, -0.15) is 0 Å². The minimum absolute atomic E-state index is 0.0607. The molecule has 1 atom stereocenters. The zero-order chi connectivity index (χ0) is 16.2. The van der Waals surface area contributed by atoms with Crippen LogP contribution in [0.15, 0.2) is 0 Å². The fraction of sp³-hybridized carbons (Fsp3) is 0.800. The third kappa shape index (κ3) is 5.00. The maximum Gasteiger partial charge on any atom is 0.240 e. The van der Waals surface area contributed by atoms with Gasteiger partial charge in [0.05, 0.1) is 6.54 Å². The summed E-state index contributed by atoms with van der Waals surface area (Å²) in [4.78, 5) is 14.2. The maximum atomic E-state index is 12.1. The third-order valence-corrected chi connectivity index (χ3v) is 4.77. The second-order valence-electron chi connectivity index (χ2n) is 6.93. The molecule has 0 aromatic carbocycles.